The molecule has 0 bridgehead atoms. The van der Waals surface area contributed by atoms with Crippen LogP contribution in [0.15, 0.2) is 40.9 Å². The summed E-state index contributed by atoms with van der Waals surface area (Å²) >= 11 is 21.6. The molecule has 31 heavy (non-hydrogen) atoms. The smallest absolute Gasteiger partial charge is 0.261 e. The molecule has 1 atom stereocenters. The Hall–Kier alpha value is -1.47. The van der Waals surface area contributed by atoms with Crippen LogP contribution in [0.25, 0.3) is 0 Å². The molecule has 0 fully saturated rings. The molecule has 0 radical (unpaired) electrons. The molecule has 2 aromatic carbocycles. The van der Waals surface area contributed by atoms with Crippen LogP contribution in [0.2, 0.25) is 15.1 Å². The van der Waals surface area contributed by atoms with Crippen LogP contribution >= 0.6 is 50.7 Å². The van der Waals surface area contributed by atoms with E-state index in [-0.39, 0.29) is 25.0 Å². The van der Waals surface area contributed by atoms with Gasteiger partial charge in [-0.3, -0.25) is 9.59 Å². The summed E-state index contributed by atoms with van der Waals surface area (Å²) in [6.45, 7) is 7.15. The van der Waals surface area contributed by atoms with E-state index in [1.54, 1.807) is 43.3 Å². The molecule has 0 saturated carbocycles. The number of nitrogens with zero attached hydrogens (tertiary/aromatic N) is 1. The van der Waals surface area contributed by atoms with E-state index < -0.39 is 11.6 Å². The van der Waals surface area contributed by atoms with Crippen molar-refractivity contribution >= 4 is 62.5 Å². The maximum atomic E-state index is 13.1. The first-order chi connectivity index (χ1) is 14.4. The number of halogens is 4. The van der Waals surface area contributed by atoms with Crippen LogP contribution in [-0.2, 0) is 16.1 Å². The summed E-state index contributed by atoms with van der Waals surface area (Å²) in [6.07, 6.45) is 0. The number of hydrogen-bond donors (Lipinski definition) is 1. The fourth-order valence-corrected chi connectivity index (χ4v) is 3.97. The maximum Gasteiger partial charge on any atom is 0.261 e. The van der Waals surface area contributed by atoms with Crippen molar-refractivity contribution in [3.63, 3.8) is 0 Å². The molecule has 2 rings (SSSR count). The number of carbonyl (C=O) groups is 2. The normalized spacial score (nSPS) is 12.3. The Balaban J connectivity index is 2.24. The van der Waals surface area contributed by atoms with Gasteiger partial charge in [0.2, 0.25) is 5.91 Å². The van der Waals surface area contributed by atoms with E-state index in [9.17, 15) is 9.59 Å². The third-order valence-corrected chi connectivity index (χ3v) is 5.71. The third kappa shape index (κ3) is 7.86. The highest BCUT2D eigenvalue weighted by Gasteiger charge is 2.29. The van der Waals surface area contributed by atoms with E-state index in [0.29, 0.717) is 30.9 Å². The van der Waals surface area contributed by atoms with Crippen LogP contribution in [0.3, 0.4) is 0 Å². The largest absolute Gasteiger partial charge is 0.483 e. The number of benzene rings is 2. The molecule has 0 spiro atoms. The lowest BCUT2D eigenvalue weighted by Crippen LogP contribution is -2.53. The molecule has 9 heteroatoms. The van der Waals surface area contributed by atoms with Gasteiger partial charge in [0.25, 0.3) is 5.91 Å². The van der Waals surface area contributed by atoms with Gasteiger partial charge in [-0.25, -0.2) is 0 Å². The fraction of sp³-hybridized carbons (Fsp3) is 0.364. The SMILES string of the molecule is CC(C(=O)NC(C)(C)C)N(Cc1ccc(Cl)cc1Cl)C(=O)COc1ccc(Cl)cc1Br. The zero-order valence-electron chi connectivity index (χ0n) is 17.6. The summed E-state index contributed by atoms with van der Waals surface area (Å²) < 4.78 is 6.29. The Morgan fingerprint density at radius 1 is 1.10 bits per heavy atom. The van der Waals surface area contributed by atoms with Crippen LogP contribution < -0.4 is 10.1 Å². The molecule has 0 aliphatic heterocycles. The first kappa shape index (κ1) is 25.8. The third-order valence-electron chi connectivity index (χ3n) is 4.27. The Morgan fingerprint density at radius 3 is 2.29 bits per heavy atom. The summed E-state index contributed by atoms with van der Waals surface area (Å²) in [6, 6.07) is 9.26. The number of ether oxygens (including phenoxy) is 1. The van der Waals surface area contributed by atoms with E-state index in [1.165, 1.54) is 4.90 Å². The molecule has 0 aliphatic carbocycles. The molecule has 1 unspecified atom stereocenters. The van der Waals surface area contributed by atoms with Gasteiger partial charge in [-0.1, -0.05) is 40.9 Å². The van der Waals surface area contributed by atoms with Crippen LogP contribution in [-0.4, -0.2) is 34.9 Å². The standard InChI is InChI=1S/C22H24BrCl3N2O3/c1-13(21(30)27-22(2,3)4)28(11-14-5-6-16(25)10-18(14)26)20(29)12-31-19-8-7-15(24)9-17(19)23/h5-10,13H,11-12H2,1-4H3,(H,27,30). The second kappa shape index (κ2) is 10.9. The number of nitrogens with one attached hydrogen (secondary N) is 1. The van der Waals surface area contributed by atoms with Crippen molar-refractivity contribution in [2.24, 2.45) is 0 Å². The van der Waals surface area contributed by atoms with Gasteiger partial charge in [0, 0.05) is 27.2 Å². The zero-order valence-corrected chi connectivity index (χ0v) is 21.5. The van der Waals surface area contributed by atoms with E-state index in [0.717, 1.165) is 0 Å². The molecule has 0 saturated heterocycles. The highest BCUT2D eigenvalue weighted by molar-refractivity contribution is 9.10. The van der Waals surface area contributed by atoms with Crippen molar-refractivity contribution in [3.8, 4) is 5.75 Å². The van der Waals surface area contributed by atoms with Crippen LogP contribution in [0.5, 0.6) is 5.75 Å². The Labute approximate surface area is 206 Å². The van der Waals surface area contributed by atoms with Crippen molar-refractivity contribution in [1.29, 1.82) is 0 Å². The highest BCUT2D eigenvalue weighted by Crippen LogP contribution is 2.28. The lowest BCUT2D eigenvalue weighted by atomic mass is 10.1. The van der Waals surface area contributed by atoms with Gasteiger partial charge >= 0.3 is 0 Å². The van der Waals surface area contributed by atoms with E-state index in [1.807, 2.05) is 20.8 Å². The number of rotatable bonds is 7. The summed E-state index contributed by atoms with van der Waals surface area (Å²) in [7, 11) is 0. The zero-order chi connectivity index (χ0) is 23.3. The highest BCUT2D eigenvalue weighted by atomic mass is 79.9. The first-order valence-electron chi connectivity index (χ1n) is 9.50. The van der Waals surface area contributed by atoms with Crippen LogP contribution in [0.4, 0.5) is 0 Å². The second-order valence-corrected chi connectivity index (χ2v) is 10.2. The minimum absolute atomic E-state index is 0.124. The molecule has 0 aliphatic rings. The molecule has 5 nitrogen and oxygen atoms in total. The van der Waals surface area contributed by atoms with Gasteiger partial charge in [0.05, 0.1) is 4.47 Å². The number of carbonyl (C=O) groups excluding carboxylic acids is 2. The summed E-state index contributed by atoms with van der Waals surface area (Å²) in [5, 5.41) is 4.34. The quantitative estimate of drug-likeness (QED) is 0.452. The van der Waals surface area contributed by atoms with Gasteiger partial charge in [0.15, 0.2) is 6.61 Å². The Kier molecular flexibility index (Phi) is 9.07. The van der Waals surface area contributed by atoms with Crippen molar-refractivity contribution in [2.45, 2.75) is 45.8 Å². The summed E-state index contributed by atoms with van der Waals surface area (Å²) in [5.41, 5.74) is 0.227. The fourth-order valence-electron chi connectivity index (χ4n) is 2.70. The predicted molar refractivity (Wildman–Crippen MR) is 129 cm³/mol. The first-order valence-corrected chi connectivity index (χ1v) is 11.4. The van der Waals surface area contributed by atoms with Crippen molar-refractivity contribution in [3.05, 3.63) is 61.5 Å². The molecular weight excluding hydrogens is 527 g/mol. The number of amides is 2. The van der Waals surface area contributed by atoms with Crippen molar-refractivity contribution in [1.82, 2.24) is 10.2 Å². The summed E-state index contributed by atoms with van der Waals surface area (Å²) in [4.78, 5) is 27.3. The van der Waals surface area contributed by atoms with Crippen LogP contribution in [0.1, 0.15) is 33.3 Å². The minimum atomic E-state index is -0.754. The molecular formula is C22H24BrCl3N2O3. The minimum Gasteiger partial charge on any atom is -0.483 e. The molecule has 2 aromatic rings. The van der Waals surface area contributed by atoms with E-state index >= 15 is 0 Å². The van der Waals surface area contributed by atoms with Crippen LogP contribution in [0, 0.1) is 0 Å². The topological polar surface area (TPSA) is 58.6 Å². The monoisotopic (exact) mass is 548 g/mol. The molecule has 2 amide bonds. The van der Waals surface area contributed by atoms with Gasteiger partial charge in [-0.15, -0.1) is 0 Å². The van der Waals surface area contributed by atoms with Gasteiger partial charge in [-0.05, 0) is 79.5 Å². The second-order valence-electron chi connectivity index (χ2n) is 8.04. The van der Waals surface area contributed by atoms with Crippen molar-refractivity contribution < 1.29 is 14.3 Å². The Bertz CT molecular complexity index is 964. The van der Waals surface area contributed by atoms with E-state index in [4.69, 9.17) is 39.5 Å². The van der Waals surface area contributed by atoms with E-state index in [2.05, 4.69) is 21.2 Å². The summed E-state index contributed by atoms with van der Waals surface area (Å²) in [5.74, 6) is -0.183. The average molecular weight is 551 g/mol. The molecule has 0 aromatic heterocycles. The number of hydrogen-bond acceptors (Lipinski definition) is 3. The van der Waals surface area contributed by atoms with Gasteiger partial charge < -0.3 is 15.0 Å². The molecule has 168 valence electrons. The lowest BCUT2D eigenvalue weighted by Gasteiger charge is -2.31. The Morgan fingerprint density at radius 2 is 1.71 bits per heavy atom. The van der Waals surface area contributed by atoms with Crippen molar-refractivity contribution in [2.75, 3.05) is 6.61 Å². The van der Waals surface area contributed by atoms with Gasteiger partial charge in [0.1, 0.15) is 11.8 Å². The molecule has 1 N–H and O–H groups in total. The predicted octanol–water partition coefficient (Wildman–Crippen LogP) is 6.12. The van der Waals surface area contributed by atoms with Gasteiger partial charge in [-0.2, -0.15) is 0 Å². The maximum absolute atomic E-state index is 13.1. The lowest BCUT2D eigenvalue weighted by molar-refractivity contribution is -0.142. The molecule has 0 heterocycles. The average Bonchev–Trinajstić information content (AvgIpc) is 2.64.